The predicted octanol–water partition coefficient (Wildman–Crippen LogP) is 2.90. The number of hydrogen-bond acceptors (Lipinski definition) is 5. The zero-order chi connectivity index (χ0) is 21.8. The number of carbonyl (C=O) groups excluding carboxylic acids is 2. The van der Waals surface area contributed by atoms with E-state index in [2.05, 4.69) is 15.7 Å². The quantitative estimate of drug-likeness (QED) is 0.673. The third-order valence-electron chi connectivity index (χ3n) is 4.17. The molecule has 0 fully saturated rings. The van der Waals surface area contributed by atoms with E-state index >= 15 is 0 Å². The molecule has 1 aromatic heterocycles. The number of aryl methyl sites for hydroxylation is 1. The lowest BCUT2D eigenvalue weighted by Crippen LogP contribution is -2.27. The lowest BCUT2D eigenvalue weighted by Gasteiger charge is -2.13. The summed E-state index contributed by atoms with van der Waals surface area (Å²) in [6, 6.07) is 11.7. The Balaban J connectivity index is 1.96. The van der Waals surface area contributed by atoms with Crippen LogP contribution in [0.5, 0.6) is 5.75 Å². The van der Waals surface area contributed by atoms with E-state index in [9.17, 15) is 18.8 Å². The van der Waals surface area contributed by atoms with Crippen molar-refractivity contribution in [3.05, 3.63) is 76.0 Å². The molecule has 3 rings (SSSR count). The SMILES string of the molecule is COc1ccc(NC(=O)c2nn(-c3ccccc3F)c(C)cc2=O)cc1NC(C)=O. The molecule has 30 heavy (non-hydrogen) atoms. The summed E-state index contributed by atoms with van der Waals surface area (Å²) in [6.07, 6.45) is 0. The van der Waals surface area contributed by atoms with Gasteiger partial charge in [-0.3, -0.25) is 14.4 Å². The molecule has 0 atom stereocenters. The Bertz CT molecular complexity index is 1190. The van der Waals surface area contributed by atoms with E-state index in [0.29, 0.717) is 22.8 Å². The number of anilines is 2. The normalized spacial score (nSPS) is 10.4. The average molecular weight is 410 g/mol. The van der Waals surface area contributed by atoms with Crippen LogP contribution >= 0.6 is 0 Å². The average Bonchev–Trinajstić information content (AvgIpc) is 2.68. The summed E-state index contributed by atoms with van der Waals surface area (Å²) >= 11 is 0. The van der Waals surface area contributed by atoms with Gasteiger partial charge in [-0.15, -0.1) is 0 Å². The van der Waals surface area contributed by atoms with Crippen LogP contribution in [0.25, 0.3) is 5.69 Å². The largest absolute Gasteiger partial charge is 0.495 e. The number of amides is 2. The van der Waals surface area contributed by atoms with Crippen LogP contribution in [0.4, 0.5) is 15.8 Å². The molecule has 0 aliphatic rings. The van der Waals surface area contributed by atoms with Crippen molar-refractivity contribution in [2.45, 2.75) is 13.8 Å². The highest BCUT2D eigenvalue weighted by molar-refractivity contribution is 6.03. The smallest absolute Gasteiger partial charge is 0.280 e. The van der Waals surface area contributed by atoms with Gasteiger partial charge in [0.2, 0.25) is 11.3 Å². The second kappa shape index (κ2) is 8.56. The summed E-state index contributed by atoms with van der Waals surface area (Å²) < 4.78 is 20.5. The molecular weight excluding hydrogens is 391 g/mol. The van der Waals surface area contributed by atoms with Crippen molar-refractivity contribution in [1.29, 1.82) is 0 Å². The Labute approximate surface area is 171 Å². The van der Waals surface area contributed by atoms with Gasteiger partial charge < -0.3 is 15.4 Å². The lowest BCUT2D eigenvalue weighted by molar-refractivity contribution is -0.114. The second-order valence-corrected chi connectivity index (χ2v) is 6.41. The molecule has 3 aromatic rings. The minimum Gasteiger partial charge on any atom is -0.495 e. The van der Waals surface area contributed by atoms with Crippen LogP contribution in [0.3, 0.4) is 0 Å². The number of rotatable bonds is 5. The fraction of sp³-hybridized carbons (Fsp3) is 0.143. The van der Waals surface area contributed by atoms with Gasteiger partial charge in [-0.05, 0) is 37.3 Å². The summed E-state index contributed by atoms with van der Waals surface area (Å²) in [6.45, 7) is 2.93. The third kappa shape index (κ3) is 4.35. The van der Waals surface area contributed by atoms with Gasteiger partial charge in [0.05, 0.1) is 12.8 Å². The van der Waals surface area contributed by atoms with Crippen LogP contribution < -0.4 is 20.8 Å². The van der Waals surface area contributed by atoms with Gasteiger partial charge in [-0.25, -0.2) is 9.07 Å². The Hall–Kier alpha value is -4.01. The maximum atomic E-state index is 14.2. The molecule has 8 nitrogen and oxygen atoms in total. The van der Waals surface area contributed by atoms with Gasteiger partial charge in [0.25, 0.3) is 5.91 Å². The topological polar surface area (TPSA) is 102 Å². The Morgan fingerprint density at radius 2 is 1.83 bits per heavy atom. The number of halogens is 1. The first-order chi connectivity index (χ1) is 14.3. The minimum absolute atomic E-state index is 0.112. The number of nitrogens with zero attached hydrogens (tertiary/aromatic N) is 2. The molecule has 0 bridgehead atoms. The molecule has 2 aromatic carbocycles. The van der Waals surface area contributed by atoms with Crippen LogP contribution in [0.15, 0.2) is 53.3 Å². The van der Waals surface area contributed by atoms with E-state index in [0.717, 1.165) is 0 Å². The molecule has 2 amide bonds. The highest BCUT2D eigenvalue weighted by atomic mass is 19.1. The van der Waals surface area contributed by atoms with Crippen molar-refractivity contribution < 1.29 is 18.7 Å². The van der Waals surface area contributed by atoms with Crippen molar-refractivity contribution in [1.82, 2.24) is 9.78 Å². The number of aromatic nitrogens is 2. The Morgan fingerprint density at radius 3 is 2.50 bits per heavy atom. The van der Waals surface area contributed by atoms with Gasteiger partial charge in [0, 0.05) is 24.4 Å². The zero-order valence-electron chi connectivity index (χ0n) is 16.5. The summed E-state index contributed by atoms with van der Waals surface area (Å²) in [7, 11) is 1.44. The van der Waals surface area contributed by atoms with Crippen LogP contribution in [0.1, 0.15) is 23.1 Å². The van der Waals surface area contributed by atoms with E-state index in [1.54, 1.807) is 25.1 Å². The molecule has 0 saturated heterocycles. The molecule has 0 aliphatic heterocycles. The fourth-order valence-corrected chi connectivity index (χ4v) is 2.84. The van der Waals surface area contributed by atoms with E-state index in [4.69, 9.17) is 4.74 Å². The van der Waals surface area contributed by atoms with Crippen LogP contribution in [-0.4, -0.2) is 28.7 Å². The molecule has 154 valence electrons. The number of para-hydroxylation sites is 1. The summed E-state index contributed by atoms with van der Waals surface area (Å²) in [5, 5.41) is 9.22. The number of benzene rings is 2. The number of ether oxygens (including phenoxy) is 1. The Kier molecular flexibility index (Phi) is 5.91. The van der Waals surface area contributed by atoms with Crippen molar-refractivity contribution in [3.8, 4) is 11.4 Å². The molecule has 9 heteroatoms. The maximum absolute atomic E-state index is 14.2. The van der Waals surface area contributed by atoms with Crippen LogP contribution in [0.2, 0.25) is 0 Å². The molecule has 1 heterocycles. The number of carbonyl (C=O) groups is 2. The van der Waals surface area contributed by atoms with Crippen molar-refractivity contribution >= 4 is 23.2 Å². The van der Waals surface area contributed by atoms with Gasteiger partial charge in [-0.1, -0.05) is 12.1 Å². The maximum Gasteiger partial charge on any atom is 0.280 e. The van der Waals surface area contributed by atoms with E-state index in [1.165, 1.54) is 49.0 Å². The molecule has 0 radical (unpaired) electrons. The van der Waals surface area contributed by atoms with Gasteiger partial charge in [0.1, 0.15) is 17.3 Å². The van der Waals surface area contributed by atoms with Crippen molar-refractivity contribution in [3.63, 3.8) is 0 Å². The highest BCUT2D eigenvalue weighted by Gasteiger charge is 2.17. The summed E-state index contributed by atoms with van der Waals surface area (Å²) in [5.74, 6) is -1.23. The van der Waals surface area contributed by atoms with E-state index in [-0.39, 0.29) is 11.6 Å². The Morgan fingerprint density at radius 1 is 1.10 bits per heavy atom. The monoisotopic (exact) mass is 410 g/mol. The first-order valence-electron chi connectivity index (χ1n) is 8.93. The zero-order valence-corrected chi connectivity index (χ0v) is 16.5. The lowest BCUT2D eigenvalue weighted by atomic mass is 10.2. The highest BCUT2D eigenvalue weighted by Crippen LogP contribution is 2.28. The second-order valence-electron chi connectivity index (χ2n) is 6.41. The number of hydrogen-bond donors (Lipinski definition) is 2. The number of methoxy groups -OCH3 is 1. The van der Waals surface area contributed by atoms with Gasteiger partial charge in [0.15, 0.2) is 5.69 Å². The van der Waals surface area contributed by atoms with Crippen molar-refractivity contribution in [2.24, 2.45) is 0 Å². The first kappa shape index (κ1) is 20.7. The molecule has 0 aliphatic carbocycles. The standard InChI is InChI=1S/C21H19FN4O4/c1-12-10-18(28)20(25-26(12)17-7-5-4-6-15(17)22)21(29)24-14-8-9-19(30-3)16(11-14)23-13(2)27/h4-11H,1-3H3,(H,23,27)(H,24,29). The van der Waals surface area contributed by atoms with Gasteiger partial charge in [-0.2, -0.15) is 5.10 Å². The van der Waals surface area contributed by atoms with E-state index in [1.807, 2.05) is 0 Å². The summed E-state index contributed by atoms with van der Waals surface area (Å²) in [5.41, 5.74) is 0.140. The van der Waals surface area contributed by atoms with Gasteiger partial charge >= 0.3 is 0 Å². The summed E-state index contributed by atoms with van der Waals surface area (Å²) in [4.78, 5) is 36.4. The van der Waals surface area contributed by atoms with Crippen LogP contribution in [0, 0.1) is 12.7 Å². The molecule has 0 spiro atoms. The molecule has 2 N–H and O–H groups in total. The third-order valence-corrected chi connectivity index (χ3v) is 4.17. The first-order valence-corrected chi connectivity index (χ1v) is 8.93. The van der Waals surface area contributed by atoms with E-state index < -0.39 is 22.8 Å². The fourth-order valence-electron chi connectivity index (χ4n) is 2.84. The number of nitrogens with one attached hydrogen (secondary N) is 2. The predicted molar refractivity (Wildman–Crippen MR) is 110 cm³/mol. The van der Waals surface area contributed by atoms with Crippen LogP contribution in [-0.2, 0) is 4.79 Å². The molecule has 0 saturated carbocycles. The molecular formula is C21H19FN4O4. The molecule has 0 unspecified atom stereocenters. The minimum atomic E-state index is -0.774. The van der Waals surface area contributed by atoms with Crippen molar-refractivity contribution in [2.75, 3.05) is 17.7 Å².